The summed E-state index contributed by atoms with van der Waals surface area (Å²) in [5.74, 6) is 1.52. The topological polar surface area (TPSA) is 77.8 Å². The van der Waals surface area contributed by atoms with E-state index in [-0.39, 0.29) is 0 Å². The van der Waals surface area contributed by atoms with E-state index < -0.39 is 0 Å². The highest BCUT2D eigenvalue weighted by molar-refractivity contribution is 5.81. The van der Waals surface area contributed by atoms with Gasteiger partial charge in [0.05, 0.1) is 7.11 Å². The van der Waals surface area contributed by atoms with Crippen molar-refractivity contribution in [3.05, 3.63) is 36.2 Å². The molecule has 0 spiro atoms. The van der Waals surface area contributed by atoms with Crippen LogP contribution in [0.25, 0.3) is 11.2 Å². The van der Waals surface area contributed by atoms with E-state index in [0.29, 0.717) is 23.5 Å². The first-order valence-electron chi connectivity index (χ1n) is 6.15. The summed E-state index contributed by atoms with van der Waals surface area (Å²) in [6.45, 7) is 0.646. The summed E-state index contributed by atoms with van der Waals surface area (Å²) in [6, 6.07) is 7.85. The highest BCUT2D eigenvalue weighted by Crippen LogP contribution is 2.17. The molecular weight excluding hydrogens is 256 g/mol. The summed E-state index contributed by atoms with van der Waals surface area (Å²) in [6.07, 6.45) is 1.50. The number of benzene rings is 1. The highest BCUT2D eigenvalue weighted by Gasteiger charge is 2.09. The van der Waals surface area contributed by atoms with Crippen LogP contribution >= 0.6 is 0 Å². The molecule has 3 aromatic rings. The van der Waals surface area contributed by atoms with Gasteiger partial charge in [-0.05, 0) is 17.7 Å². The van der Waals surface area contributed by atoms with Crippen LogP contribution in [0.3, 0.4) is 0 Å². The number of aromatic nitrogens is 5. The second-order valence-electron chi connectivity index (χ2n) is 4.31. The van der Waals surface area contributed by atoms with Gasteiger partial charge in [0.15, 0.2) is 17.0 Å². The molecule has 0 radical (unpaired) electrons. The number of hydrogen-bond donors (Lipinski definition) is 1. The summed E-state index contributed by atoms with van der Waals surface area (Å²) < 4.78 is 6.75. The molecule has 0 aliphatic carbocycles. The van der Waals surface area contributed by atoms with Crippen molar-refractivity contribution in [3.63, 3.8) is 0 Å². The maximum Gasteiger partial charge on any atom is 0.183 e. The van der Waals surface area contributed by atoms with Gasteiger partial charge in [-0.15, -0.1) is 5.10 Å². The fourth-order valence-corrected chi connectivity index (χ4v) is 1.91. The molecule has 0 atom stereocenters. The molecule has 2 aromatic heterocycles. The Kier molecular flexibility index (Phi) is 3.16. The first-order chi connectivity index (χ1) is 9.78. The van der Waals surface area contributed by atoms with Crippen LogP contribution in [0.1, 0.15) is 5.56 Å². The zero-order valence-corrected chi connectivity index (χ0v) is 11.2. The smallest absolute Gasteiger partial charge is 0.183 e. The SMILES string of the molecule is COc1ccc(CNc2ncnc3c2nnn3C)cc1. The Bertz CT molecular complexity index is 721. The monoisotopic (exact) mass is 270 g/mol. The van der Waals surface area contributed by atoms with Crippen molar-refractivity contribution in [1.29, 1.82) is 0 Å². The molecule has 0 saturated heterocycles. The normalized spacial score (nSPS) is 10.7. The van der Waals surface area contributed by atoms with E-state index in [9.17, 15) is 0 Å². The lowest BCUT2D eigenvalue weighted by Crippen LogP contribution is -2.03. The van der Waals surface area contributed by atoms with Crippen molar-refractivity contribution in [2.45, 2.75) is 6.54 Å². The molecule has 0 fully saturated rings. The fourth-order valence-electron chi connectivity index (χ4n) is 1.91. The molecule has 7 nitrogen and oxygen atoms in total. The number of hydrogen-bond acceptors (Lipinski definition) is 6. The van der Waals surface area contributed by atoms with E-state index in [0.717, 1.165) is 11.3 Å². The van der Waals surface area contributed by atoms with Gasteiger partial charge in [-0.3, -0.25) is 0 Å². The van der Waals surface area contributed by atoms with Gasteiger partial charge in [0.2, 0.25) is 0 Å². The van der Waals surface area contributed by atoms with E-state index in [1.165, 1.54) is 6.33 Å². The molecule has 0 saturated carbocycles. The van der Waals surface area contributed by atoms with E-state index in [1.54, 1.807) is 18.8 Å². The number of methoxy groups -OCH3 is 1. The zero-order chi connectivity index (χ0) is 13.9. The predicted molar refractivity (Wildman–Crippen MR) is 74.4 cm³/mol. The van der Waals surface area contributed by atoms with Crippen molar-refractivity contribution < 1.29 is 4.74 Å². The zero-order valence-electron chi connectivity index (χ0n) is 11.2. The number of ether oxygens (including phenoxy) is 1. The van der Waals surface area contributed by atoms with Crippen LogP contribution in [0.5, 0.6) is 5.75 Å². The van der Waals surface area contributed by atoms with Crippen molar-refractivity contribution in [2.24, 2.45) is 7.05 Å². The van der Waals surface area contributed by atoms with Crippen LogP contribution in [0, 0.1) is 0 Å². The largest absolute Gasteiger partial charge is 0.497 e. The van der Waals surface area contributed by atoms with Crippen LogP contribution in [-0.4, -0.2) is 32.1 Å². The highest BCUT2D eigenvalue weighted by atomic mass is 16.5. The van der Waals surface area contributed by atoms with E-state index in [2.05, 4.69) is 25.6 Å². The van der Waals surface area contributed by atoms with Gasteiger partial charge in [-0.1, -0.05) is 17.3 Å². The average Bonchev–Trinajstić information content (AvgIpc) is 2.88. The Hall–Kier alpha value is -2.70. The number of fused-ring (bicyclic) bond motifs is 1. The summed E-state index contributed by atoms with van der Waals surface area (Å²) in [4.78, 5) is 8.36. The van der Waals surface area contributed by atoms with Crippen LogP contribution in [0.15, 0.2) is 30.6 Å². The average molecular weight is 270 g/mol. The standard InChI is InChI=1S/C13H14N6O/c1-19-13-11(17-18-19)12(15-8-16-13)14-7-9-3-5-10(20-2)6-4-9/h3-6,8H,7H2,1-2H3,(H,14,15,16). The van der Waals surface area contributed by atoms with Gasteiger partial charge in [0.25, 0.3) is 0 Å². The van der Waals surface area contributed by atoms with Gasteiger partial charge < -0.3 is 10.1 Å². The quantitative estimate of drug-likeness (QED) is 0.771. The van der Waals surface area contributed by atoms with Gasteiger partial charge in [0, 0.05) is 13.6 Å². The van der Waals surface area contributed by atoms with E-state index in [1.807, 2.05) is 24.3 Å². The minimum Gasteiger partial charge on any atom is -0.497 e. The number of nitrogens with one attached hydrogen (secondary N) is 1. The van der Waals surface area contributed by atoms with Gasteiger partial charge in [-0.2, -0.15) is 0 Å². The summed E-state index contributed by atoms with van der Waals surface area (Å²) in [7, 11) is 3.45. The minimum atomic E-state index is 0.646. The molecular formula is C13H14N6O. The molecule has 20 heavy (non-hydrogen) atoms. The predicted octanol–water partition coefficient (Wildman–Crippen LogP) is 1.38. The Labute approximate surface area is 115 Å². The Morgan fingerprint density at radius 3 is 2.75 bits per heavy atom. The number of rotatable bonds is 4. The van der Waals surface area contributed by atoms with E-state index >= 15 is 0 Å². The number of anilines is 1. The molecule has 102 valence electrons. The first-order valence-corrected chi connectivity index (χ1v) is 6.15. The van der Waals surface area contributed by atoms with Crippen molar-refractivity contribution in [2.75, 3.05) is 12.4 Å². The first kappa shape index (κ1) is 12.3. The molecule has 0 aliphatic heterocycles. The second-order valence-corrected chi connectivity index (χ2v) is 4.31. The van der Waals surface area contributed by atoms with Crippen molar-refractivity contribution in [3.8, 4) is 5.75 Å². The summed E-state index contributed by atoms with van der Waals surface area (Å²) >= 11 is 0. The van der Waals surface area contributed by atoms with Gasteiger partial charge in [0.1, 0.15) is 12.1 Å². The third kappa shape index (κ3) is 2.25. The fraction of sp³-hybridized carbons (Fsp3) is 0.231. The lowest BCUT2D eigenvalue weighted by molar-refractivity contribution is 0.414. The third-order valence-corrected chi connectivity index (χ3v) is 3.01. The molecule has 0 bridgehead atoms. The van der Waals surface area contributed by atoms with Gasteiger partial charge >= 0.3 is 0 Å². The maximum absolute atomic E-state index is 5.13. The Morgan fingerprint density at radius 1 is 1.20 bits per heavy atom. The van der Waals surface area contributed by atoms with Crippen LogP contribution in [0.4, 0.5) is 5.82 Å². The molecule has 7 heteroatoms. The third-order valence-electron chi connectivity index (χ3n) is 3.01. The van der Waals surface area contributed by atoms with Crippen LogP contribution in [0.2, 0.25) is 0 Å². The van der Waals surface area contributed by atoms with Gasteiger partial charge in [-0.25, -0.2) is 14.6 Å². The molecule has 1 N–H and O–H groups in total. The molecule has 0 unspecified atom stereocenters. The molecule has 3 rings (SSSR count). The maximum atomic E-state index is 5.13. The van der Waals surface area contributed by atoms with Crippen molar-refractivity contribution in [1.82, 2.24) is 25.0 Å². The lowest BCUT2D eigenvalue weighted by Gasteiger charge is -2.06. The Morgan fingerprint density at radius 2 is 2.00 bits per heavy atom. The molecule has 1 aromatic carbocycles. The summed E-state index contributed by atoms with van der Waals surface area (Å²) in [5.41, 5.74) is 2.50. The molecule has 0 aliphatic rings. The lowest BCUT2D eigenvalue weighted by atomic mass is 10.2. The summed E-state index contributed by atoms with van der Waals surface area (Å²) in [5, 5.41) is 11.3. The minimum absolute atomic E-state index is 0.646. The van der Waals surface area contributed by atoms with Crippen LogP contribution < -0.4 is 10.1 Å². The molecule has 0 amide bonds. The second kappa shape index (κ2) is 5.12. The molecule has 2 heterocycles. The van der Waals surface area contributed by atoms with Crippen LogP contribution in [-0.2, 0) is 13.6 Å². The van der Waals surface area contributed by atoms with Crippen molar-refractivity contribution >= 4 is 17.0 Å². The number of aryl methyl sites for hydroxylation is 1. The van der Waals surface area contributed by atoms with E-state index in [4.69, 9.17) is 4.74 Å². The Balaban J connectivity index is 1.79. The number of nitrogens with zero attached hydrogens (tertiary/aromatic N) is 5.